The van der Waals surface area contributed by atoms with E-state index in [2.05, 4.69) is 20.6 Å². The Hall–Kier alpha value is -2.45. The molecule has 12 nitrogen and oxygen atoms in total. The van der Waals surface area contributed by atoms with Gasteiger partial charge in [0.05, 0.1) is 12.1 Å². The summed E-state index contributed by atoms with van der Waals surface area (Å²) in [5.41, 5.74) is -1.28. The number of urea groups is 1. The third kappa shape index (κ3) is 4.18. The number of aliphatic carboxylic acids is 1. The number of nitrogens with zero attached hydrogens (tertiary/aromatic N) is 1. The van der Waals surface area contributed by atoms with Crippen LogP contribution in [0.3, 0.4) is 0 Å². The molecule has 154 valence electrons. The van der Waals surface area contributed by atoms with Gasteiger partial charge in [0, 0.05) is 17.1 Å². The summed E-state index contributed by atoms with van der Waals surface area (Å²) in [6.07, 6.45) is -0.0766. The van der Waals surface area contributed by atoms with Crippen LogP contribution < -0.4 is 10.6 Å². The number of carboxylic acids is 1. The van der Waals surface area contributed by atoms with Crippen LogP contribution in [-0.4, -0.2) is 79.3 Å². The second-order valence-electron chi connectivity index (χ2n) is 6.39. The lowest BCUT2D eigenvalue weighted by Crippen LogP contribution is -2.39. The van der Waals surface area contributed by atoms with Gasteiger partial charge in [0.1, 0.15) is 16.6 Å². The Bertz CT molecular complexity index is 928. The number of aromatic nitrogens is 1. The number of nitrogens with one attached hydrogen (secondary N) is 3. The van der Waals surface area contributed by atoms with Crippen LogP contribution in [0.5, 0.6) is 11.8 Å². The van der Waals surface area contributed by atoms with E-state index in [-0.39, 0.29) is 41.9 Å². The molecule has 2 aliphatic rings. The molecule has 4 atom stereocenters. The first-order valence-electron chi connectivity index (χ1n) is 8.14. The highest BCUT2D eigenvalue weighted by atomic mass is 32.2. The van der Waals surface area contributed by atoms with Gasteiger partial charge in [0.25, 0.3) is 10.1 Å². The van der Waals surface area contributed by atoms with E-state index in [0.717, 1.165) is 6.07 Å². The fourth-order valence-electron chi connectivity index (χ4n) is 3.28. The molecule has 3 heterocycles. The topological polar surface area (TPSA) is 201 Å². The Labute approximate surface area is 163 Å². The average Bonchev–Trinajstić information content (AvgIpc) is 3.20. The number of thioether (sulfide) groups is 1. The predicted octanol–water partition coefficient (Wildman–Crippen LogP) is -0.215. The van der Waals surface area contributed by atoms with Gasteiger partial charge in [-0.25, -0.2) is 14.6 Å². The lowest BCUT2D eigenvalue weighted by Gasteiger charge is -2.19. The Balaban J connectivity index is 1.83. The Morgan fingerprint density at radius 3 is 2.64 bits per heavy atom. The summed E-state index contributed by atoms with van der Waals surface area (Å²) in [7, 11) is -4.84. The van der Waals surface area contributed by atoms with Gasteiger partial charge in [-0.05, 0) is 12.8 Å². The minimum atomic E-state index is -4.84. The zero-order valence-electron chi connectivity index (χ0n) is 14.2. The molecule has 2 saturated heterocycles. The van der Waals surface area contributed by atoms with Gasteiger partial charge >= 0.3 is 12.0 Å². The maximum Gasteiger partial charge on any atom is 0.351 e. The Kier molecular flexibility index (Phi) is 5.45. The molecule has 2 amide bonds. The summed E-state index contributed by atoms with van der Waals surface area (Å²) in [6, 6.07) is 0.271. The van der Waals surface area contributed by atoms with Crippen molar-refractivity contribution < 1.29 is 37.9 Å². The van der Waals surface area contributed by atoms with Crippen LogP contribution in [0, 0.1) is 0 Å². The number of carbonyl (C=O) groups excluding carboxylic acids is 1. The molecular formula is C14H18N4O8S2. The minimum Gasteiger partial charge on any atom is -0.494 e. The van der Waals surface area contributed by atoms with Crippen LogP contribution in [0.15, 0.2) is 11.1 Å². The fourth-order valence-corrected chi connectivity index (χ4v) is 5.66. The van der Waals surface area contributed by atoms with Crippen molar-refractivity contribution in [2.24, 2.45) is 4.99 Å². The van der Waals surface area contributed by atoms with E-state index in [0.29, 0.717) is 5.75 Å². The van der Waals surface area contributed by atoms with E-state index >= 15 is 0 Å². The summed E-state index contributed by atoms with van der Waals surface area (Å²) < 4.78 is 33.3. The first kappa shape index (κ1) is 20.3. The largest absolute Gasteiger partial charge is 0.494 e. The van der Waals surface area contributed by atoms with Crippen LogP contribution in [0.4, 0.5) is 10.5 Å². The molecule has 0 aromatic carbocycles. The highest BCUT2D eigenvalue weighted by Gasteiger charge is 2.44. The SMILES string of the molecule is O=C1N[C@H]2[C@H](CS[C@H]2CCC(C(=Nc2cc(O)[nH]c2O)C(=O)O)S(=O)(=O)O)N1. The van der Waals surface area contributed by atoms with E-state index in [4.69, 9.17) is 0 Å². The standard InChI is InChI=1S/C14H18N4O8S2/c19-9-3-5(12(20)17-9)15-11(13(21)22)8(28(24,25)26)2-1-7-10-6(4-27-7)16-14(23)18-10/h3,6-8,10,17,19-20H,1-2,4H2,(H,21,22)(H2,16,18,23)(H,24,25,26)/t6-,7-,8?,10-/m0/s1. The van der Waals surface area contributed by atoms with Gasteiger partial charge in [-0.3, -0.25) is 9.54 Å². The van der Waals surface area contributed by atoms with E-state index in [1.54, 1.807) is 0 Å². The predicted molar refractivity (Wildman–Crippen MR) is 98.9 cm³/mol. The van der Waals surface area contributed by atoms with Crippen LogP contribution >= 0.6 is 11.8 Å². The molecule has 7 N–H and O–H groups in total. The zero-order valence-corrected chi connectivity index (χ0v) is 15.8. The van der Waals surface area contributed by atoms with Crippen molar-refractivity contribution >= 4 is 45.3 Å². The number of hydrogen-bond acceptors (Lipinski definition) is 8. The van der Waals surface area contributed by atoms with E-state index in [1.807, 2.05) is 0 Å². The van der Waals surface area contributed by atoms with Crippen molar-refractivity contribution in [1.29, 1.82) is 0 Å². The Morgan fingerprint density at radius 1 is 1.36 bits per heavy atom. The van der Waals surface area contributed by atoms with Crippen molar-refractivity contribution in [2.75, 3.05) is 5.75 Å². The van der Waals surface area contributed by atoms with Crippen LogP contribution in [0.1, 0.15) is 12.8 Å². The van der Waals surface area contributed by atoms with E-state index in [1.165, 1.54) is 11.8 Å². The normalized spacial score (nSPS) is 25.8. The quantitative estimate of drug-likeness (QED) is 0.172. The highest BCUT2D eigenvalue weighted by molar-refractivity contribution is 8.00. The number of aromatic hydroxyl groups is 2. The second-order valence-corrected chi connectivity index (χ2v) is 9.26. The third-order valence-corrected chi connectivity index (χ3v) is 7.23. The first-order chi connectivity index (χ1) is 13.1. The van der Waals surface area contributed by atoms with Crippen molar-refractivity contribution in [2.45, 2.75) is 35.4 Å². The molecule has 0 radical (unpaired) electrons. The van der Waals surface area contributed by atoms with E-state index in [9.17, 15) is 37.9 Å². The highest BCUT2D eigenvalue weighted by Crippen LogP contribution is 2.34. The summed E-state index contributed by atoms with van der Waals surface area (Å²) in [5.74, 6) is -2.22. The average molecular weight is 434 g/mol. The molecule has 0 aliphatic carbocycles. The maximum atomic E-state index is 11.8. The van der Waals surface area contributed by atoms with Crippen molar-refractivity contribution in [3.8, 4) is 11.8 Å². The summed E-state index contributed by atoms with van der Waals surface area (Å²) >= 11 is 1.50. The fraction of sp³-hybridized carbons (Fsp3) is 0.500. The van der Waals surface area contributed by atoms with Gasteiger partial charge < -0.3 is 26.0 Å². The molecule has 1 aromatic heterocycles. The molecule has 0 saturated carbocycles. The van der Waals surface area contributed by atoms with Gasteiger partial charge in [-0.15, -0.1) is 0 Å². The molecule has 1 aromatic rings. The second kappa shape index (κ2) is 7.52. The lowest BCUT2D eigenvalue weighted by atomic mass is 10.0. The van der Waals surface area contributed by atoms with Crippen LogP contribution in [0.2, 0.25) is 0 Å². The van der Waals surface area contributed by atoms with Crippen LogP contribution in [-0.2, 0) is 14.9 Å². The van der Waals surface area contributed by atoms with Crippen molar-refractivity contribution in [3.63, 3.8) is 0 Å². The molecule has 2 fully saturated rings. The van der Waals surface area contributed by atoms with Crippen molar-refractivity contribution in [3.05, 3.63) is 6.07 Å². The number of aliphatic imine (C=N–C) groups is 1. The lowest BCUT2D eigenvalue weighted by molar-refractivity contribution is -0.129. The number of aromatic amines is 1. The van der Waals surface area contributed by atoms with Gasteiger partial charge in [0.15, 0.2) is 5.88 Å². The molecule has 0 spiro atoms. The number of fused-ring (bicyclic) bond motifs is 1. The number of H-pyrrole nitrogens is 1. The molecule has 28 heavy (non-hydrogen) atoms. The summed E-state index contributed by atoms with van der Waals surface area (Å²) in [6.45, 7) is 0. The zero-order chi connectivity index (χ0) is 20.6. The number of amides is 2. The smallest absolute Gasteiger partial charge is 0.351 e. The van der Waals surface area contributed by atoms with Crippen LogP contribution in [0.25, 0.3) is 0 Å². The number of hydrogen-bond donors (Lipinski definition) is 7. The van der Waals surface area contributed by atoms with Gasteiger partial charge in [0.2, 0.25) is 5.88 Å². The maximum absolute atomic E-state index is 11.8. The molecule has 3 rings (SSSR count). The third-order valence-electron chi connectivity index (χ3n) is 4.54. The first-order valence-corrected chi connectivity index (χ1v) is 10.7. The molecule has 14 heteroatoms. The number of carbonyl (C=O) groups is 2. The van der Waals surface area contributed by atoms with Gasteiger partial charge in [-0.2, -0.15) is 20.2 Å². The summed E-state index contributed by atoms with van der Waals surface area (Å²) in [4.78, 5) is 28.7. The van der Waals surface area contributed by atoms with Gasteiger partial charge in [-0.1, -0.05) is 0 Å². The van der Waals surface area contributed by atoms with E-state index < -0.39 is 38.8 Å². The monoisotopic (exact) mass is 434 g/mol. The minimum absolute atomic E-state index is 0.0981. The Morgan fingerprint density at radius 2 is 2.07 bits per heavy atom. The molecular weight excluding hydrogens is 416 g/mol. The number of carboxylic acid groups (broad SMARTS) is 1. The molecule has 0 bridgehead atoms. The molecule has 2 aliphatic heterocycles. The molecule has 1 unspecified atom stereocenters. The van der Waals surface area contributed by atoms with Crippen molar-refractivity contribution in [1.82, 2.24) is 15.6 Å². The number of rotatable bonds is 7. The summed E-state index contributed by atoms with van der Waals surface area (Å²) in [5, 5.41) is 31.7.